The van der Waals surface area contributed by atoms with Crippen molar-refractivity contribution in [1.82, 2.24) is 0 Å². The van der Waals surface area contributed by atoms with E-state index in [-0.39, 0.29) is 10.8 Å². The Morgan fingerprint density at radius 2 is 1.79 bits per heavy atom. The Bertz CT molecular complexity index is 631. The highest BCUT2D eigenvalue weighted by Gasteiger charge is 2.16. The zero-order valence-electron chi connectivity index (χ0n) is 10.2. The van der Waals surface area contributed by atoms with Crippen LogP contribution in [0.2, 0.25) is 0 Å². The van der Waals surface area contributed by atoms with E-state index < -0.39 is 0 Å². The third-order valence-electron chi connectivity index (χ3n) is 2.81. The molecule has 0 fully saturated rings. The lowest BCUT2D eigenvalue weighted by Gasteiger charge is -2.23. The molecule has 0 amide bonds. The number of hydrogen-bond donors (Lipinski definition) is 1. The third-order valence-corrected chi connectivity index (χ3v) is 3.68. The van der Waals surface area contributed by atoms with Crippen molar-refractivity contribution in [3.8, 4) is 0 Å². The lowest BCUT2D eigenvalue weighted by Crippen LogP contribution is -2.19. The number of hydrogen-bond acceptors (Lipinski definition) is 2. The summed E-state index contributed by atoms with van der Waals surface area (Å²) in [7, 11) is 1.78. The molecule has 2 N–H and O–H groups in total. The SMILES string of the molecule is CN(c1ccccc1F)c1cccc(Br)c1C(N)=S. The van der Waals surface area contributed by atoms with Gasteiger partial charge in [-0.25, -0.2) is 4.39 Å². The highest BCUT2D eigenvalue weighted by Crippen LogP contribution is 2.32. The molecule has 2 aromatic carbocycles. The Kier molecular flexibility index (Phi) is 4.17. The summed E-state index contributed by atoms with van der Waals surface area (Å²) in [5.74, 6) is -0.293. The quantitative estimate of drug-likeness (QED) is 0.858. The monoisotopic (exact) mass is 338 g/mol. The van der Waals surface area contributed by atoms with Gasteiger partial charge in [-0.2, -0.15) is 0 Å². The second kappa shape index (κ2) is 5.67. The Balaban J connectivity index is 2.57. The highest BCUT2D eigenvalue weighted by molar-refractivity contribution is 9.10. The Morgan fingerprint density at radius 1 is 1.16 bits per heavy atom. The van der Waals surface area contributed by atoms with Gasteiger partial charge in [-0.15, -0.1) is 0 Å². The van der Waals surface area contributed by atoms with Crippen LogP contribution in [0.5, 0.6) is 0 Å². The van der Waals surface area contributed by atoms with E-state index in [4.69, 9.17) is 18.0 Å². The van der Waals surface area contributed by atoms with Gasteiger partial charge in [0.15, 0.2) is 0 Å². The van der Waals surface area contributed by atoms with E-state index in [1.807, 2.05) is 18.2 Å². The first-order valence-corrected chi connectivity index (χ1v) is 6.79. The first kappa shape index (κ1) is 14.0. The molecular weight excluding hydrogens is 327 g/mol. The fourth-order valence-electron chi connectivity index (χ4n) is 1.89. The van der Waals surface area contributed by atoms with Crippen molar-refractivity contribution in [2.45, 2.75) is 0 Å². The van der Waals surface area contributed by atoms with Crippen molar-refractivity contribution in [1.29, 1.82) is 0 Å². The average molecular weight is 339 g/mol. The van der Waals surface area contributed by atoms with Crippen LogP contribution in [0.15, 0.2) is 46.9 Å². The fraction of sp³-hybridized carbons (Fsp3) is 0.0714. The van der Waals surface area contributed by atoms with E-state index in [9.17, 15) is 4.39 Å². The van der Waals surface area contributed by atoms with Crippen LogP contribution in [-0.4, -0.2) is 12.0 Å². The first-order chi connectivity index (χ1) is 9.02. The van der Waals surface area contributed by atoms with Crippen LogP contribution in [0.3, 0.4) is 0 Å². The zero-order chi connectivity index (χ0) is 14.0. The molecule has 19 heavy (non-hydrogen) atoms. The highest BCUT2D eigenvalue weighted by atomic mass is 79.9. The predicted molar refractivity (Wildman–Crippen MR) is 84.5 cm³/mol. The topological polar surface area (TPSA) is 29.3 Å². The Morgan fingerprint density at radius 3 is 2.42 bits per heavy atom. The minimum atomic E-state index is -0.293. The van der Waals surface area contributed by atoms with Crippen molar-refractivity contribution in [3.05, 3.63) is 58.3 Å². The molecule has 2 nitrogen and oxygen atoms in total. The Labute approximate surface area is 125 Å². The summed E-state index contributed by atoms with van der Waals surface area (Å²) in [6.45, 7) is 0. The van der Waals surface area contributed by atoms with Gasteiger partial charge in [-0.05, 0) is 40.2 Å². The molecule has 0 unspecified atom stereocenters. The maximum absolute atomic E-state index is 13.8. The number of thiocarbonyl (C=S) groups is 1. The van der Waals surface area contributed by atoms with E-state index >= 15 is 0 Å². The van der Waals surface area contributed by atoms with Crippen LogP contribution in [0.4, 0.5) is 15.8 Å². The number of rotatable bonds is 3. The summed E-state index contributed by atoms with van der Waals surface area (Å²) in [4.78, 5) is 2.00. The summed E-state index contributed by atoms with van der Waals surface area (Å²) in [6.07, 6.45) is 0. The van der Waals surface area contributed by atoms with Gasteiger partial charge in [-0.3, -0.25) is 0 Å². The molecular formula is C14H12BrFN2S. The molecule has 5 heteroatoms. The first-order valence-electron chi connectivity index (χ1n) is 5.59. The number of anilines is 2. The zero-order valence-corrected chi connectivity index (χ0v) is 12.6. The molecule has 0 aliphatic carbocycles. The van der Waals surface area contributed by atoms with Gasteiger partial charge in [0.2, 0.25) is 0 Å². The largest absolute Gasteiger partial charge is 0.389 e. The maximum Gasteiger partial charge on any atom is 0.146 e. The van der Waals surface area contributed by atoms with E-state index in [1.54, 1.807) is 30.1 Å². The van der Waals surface area contributed by atoms with E-state index in [0.717, 1.165) is 10.2 Å². The van der Waals surface area contributed by atoms with Crippen molar-refractivity contribution in [2.24, 2.45) is 5.73 Å². The number of nitrogens with zero attached hydrogens (tertiary/aromatic N) is 1. The second-order valence-corrected chi connectivity index (χ2v) is 5.30. The molecule has 0 bridgehead atoms. The minimum Gasteiger partial charge on any atom is -0.389 e. The standard InChI is InChI=1S/C14H12BrFN2S/c1-18(11-7-3-2-6-10(11)16)12-8-4-5-9(15)13(12)14(17)19/h2-8H,1H3,(H2,17,19). The smallest absolute Gasteiger partial charge is 0.146 e. The van der Waals surface area contributed by atoms with Crippen LogP contribution in [0.1, 0.15) is 5.56 Å². The molecule has 0 heterocycles. The molecule has 0 radical (unpaired) electrons. The molecule has 0 atom stereocenters. The van der Waals surface area contributed by atoms with Gasteiger partial charge in [0.05, 0.1) is 11.4 Å². The average Bonchev–Trinajstić information content (AvgIpc) is 2.37. The molecule has 0 saturated heterocycles. The lowest BCUT2D eigenvalue weighted by atomic mass is 10.1. The van der Waals surface area contributed by atoms with Crippen LogP contribution >= 0.6 is 28.1 Å². The summed E-state index contributed by atoms with van der Waals surface area (Å²) < 4.78 is 14.6. The van der Waals surface area contributed by atoms with Crippen molar-refractivity contribution in [2.75, 3.05) is 11.9 Å². The number of halogens is 2. The van der Waals surface area contributed by atoms with Crippen LogP contribution < -0.4 is 10.6 Å². The van der Waals surface area contributed by atoms with E-state index in [1.165, 1.54) is 6.07 Å². The van der Waals surface area contributed by atoms with Gasteiger partial charge in [0.1, 0.15) is 10.8 Å². The molecule has 0 aromatic heterocycles. The summed E-state index contributed by atoms with van der Waals surface area (Å²) in [6, 6.07) is 12.1. The number of nitrogens with two attached hydrogens (primary N) is 1. The van der Waals surface area contributed by atoms with Crippen molar-refractivity contribution < 1.29 is 4.39 Å². The summed E-state index contributed by atoms with van der Waals surface area (Å²) >= 11 is 8.49. The lowest BCUT2D eigenvalue weighted by molar-refractivity contribution is 0.627. The van der Waals surface area contributed by atoms with Gasteiger partial charge in [0, 0.05) is 17.1 Å². The van der Waals surface area contributed by atoms with Crippen molar-refractivity contribution in [3.63, 3.8) is 0 Å². The second-order valence-electron chi connectivity index (χ2n) is 4.01. The molecule has 98 valence electrons. The van der Waals surface area contributed by atoms with Gasteiger partial charge in [-0.1, -0.05) is 30.4 Å². The van der Waals surface area contributed by atoms with E-state index in [0.29, 0.717) is 11.3 Å². The molecule has 2 rings (SSSR count). The maximum atomic E-state index is 13.8. The molecule has 0 spiro atoms. The Hall–Kier alpha value is -1.46. The van der Waals surface area contributed by atoms with Gasteiger partial charge in [0.25, 0.3) is 0 Å². The summed E-state index contributed by atoms with van der Waals surface area (Å²) in [5.41, 5.74) is 7.67. The number of para-hydroxylation sites is 1. The minimum absolute atomic E-state index is 0.269. The van der Waals surface area contributed by atoms with Gasteiger partial charge >= 0.3 is 0 Å². The molecule has 0 saturated carbocycles. The third kappa shape index (κ3) is 2.77. The van der Waals surface area contributed by atoms with Crippen LogP contribution in [-0.2, 0) is 0 Å². The fourth-order valence-corrected chi connectivity index (χ4v) is 2.80. The van der Waals surface area contributed by atoms with Crippen LogP contribution in [0.25, 0.3) is 0 Å². The normalized spacial score (nSPS) is 10.3. The van der Waals surface area contributed by atoms with Crippen LogP contribution in [0, 0.1) is 5.82 Å². The molecule has 2 aromatic rings. The predicted octanol–water partition coefficient (Wildman–Crippen LogP) is 3.99. The summed E-state index contributed by atoms with van der Waals surface area (Å²) in [5, 5.41) is 0. The molecule has 0 aliphatic rings. The van der Waals surface area contributed by atoms with Gasteiger partial charge < -0.3 is 10.6 Å². The van der Waals surface area contributed by atoms with E-state index in [2.05, 4.69) is 15.9 Å². The molecule has 0 aliphatic heterocycles. The number of benzene rings is 2. The van der Waals surface area contributed by atoms with Crippen molar-refractivity contribution >= 4 is 44.5 Å².